The average molecular weight is 394 g/mol. The van der Waals surface area contributed by atoms with Crippen LogP contribution in [0.25, 0.3) is 11.5 Å². The second kappa shape index (κ2) is 7.24. The van der Waals surface area contributed by atoms with E-state index >= 15 is 0 Å². The highest BCUT2D eigenvalue weighted by Crippen LogP contribution is 2.20. The van der Waals surface area contributed by atoms with Crippen molar-refractivity contribution in [1.82, 2.24) is 10.2 Å². The number of hydrogen-bond acceptors (Lipinski definition) is 7. The van der Waals surface area contributed by atoms with Gasteiger partial charge in [-0.25, -0.2) is 18.4 Å². The van der Waals surface area contributed by atoms with Gasteiger partial charge in [0.15, 0.2) is 6.61 Å². The van der Waals surface area contributed by atoms with E-state index in [1.54, 1.807) is 24.3 Å². The van der Waals surface area contributed by atoms with Crippen molar-refractivity contribution in [3.63, 3.8) is 0 Å². The predicted molar refractivity (Wildman–Crippen MR) is 91.7 cm³/mol. The summed E-state index contributed by atoms with van der Waals surface area (Å²) in [6.45, 7) is -0.226. The highest BCUT2D eigenvalue weighted by Gasteiger charge is 2.14. The number of nitrogens with zero attached hydrogens (tertiary/aromatic N) is 2. The van der Waals surface area contributed by atoms with E-state index in [2.05, 4.69) is 10.2 Å². The number of carbonyl (C=O) groups excluding carboxylic acids is 1. The topological polar surface area (TPSA) is 125 Å². The summed E-state index contributed by atoms with van der Waals surface area (Å²) < 4.78 is 32.9. The molecule has 0 saturated carbocycles. The zero-order valence-corrected chi connectivity index (χ0v) is 14.7. The third-order valence-electron chi connectivity index (χ3n) is 3.30. The third kappa shape index (κ3) is 4.26. The summed E-state index contributed by atoms with van der Waals surface area (Å²) in [5.41, 5.74) is 0.841. The van der Waals surface area contributed by atoms with Crippen LogP contribution in [0.1, 0.15) is 16.2 Å². The van der Waals surface area contributed by atoms with E-state index < -0.39 is 16.0 Å². The van der Waals surface area contributed by atoms with Gasteiger partial charge in [-0.05, 0) is 48.5 Å². The van der Waals surface area contributed by atoms with Crippen LogP contribution in [0.5, 0.6) is 0 Å². The monoisotopic (exact) mass is 393 g/mol. The second-order valence-electron chi connectivity index (χ2n) is 5.15. The van der Waals surface area contributed by atoms with Gasteiger partial charge in [-0.1, -0.05) is 11.6 Å². The molecule has 3 aromatic rings. The molecule has 0 aliphatic heterocycles. The molecule has 0 bridgehead atoms. The minimum absolute atomic E-state index is 0.0986. The fraction of sp³-hybridized carbons (Fsp3) is 0.0625. The van der Waals surface area contributed by atoms with Crippen LogP contribution in [0.4, 0.5) is 0 Å². The van der Waals surface area contributed by atoms with Crippen molar-refractivity contribution in [3.05, 3.63) is 65.0 Å². The lowest BCUT2D eigenvalue weighted by atomic mass is 10.2. The maximum absolute atomic E-state index is 12.0. The Morgan fingerprint density at radius 2 is 1.73 bits per heavy atom. The first kappa shape index (κ1) is 18.1. The Kier molecular flexibility index (Phi) is 5.03. The van der Waals surface area contributed by atoms with Gasteiger partial charge < -0.3 is 9.15 Å². The molecule has 3 rings (SSSR count). The van der Waals surface area contributed by atoms with Crippen LogP contribution in [0.15, 0.2) is 57.8 Å². The number of benzene rings is 2. The Morgan fingerprint density at radius 1 is 1.08 bits per heavy atom. The molecule has 0 atom stereocenters. The first-order chi connectivity index (χ1) is 12.3. The summed E-state index contributed by atoms with van der Waals surface area (Å²) in [4.78, 5) is 11.9. The molecule has 2 N–H and O–H groups in total. The Hall–Kier alpha value is -2.75. The summed E-state index contributed by atoms with van der Waals surface area (Å²) in [7, 11) is -3.82. The first-order valence-electron chi connectivity index (χ1n) is 7.21. The Bertz CT molecular complexity index is 1030. The van der Waals surface area contributed by atoms with Crippen LogP contribution < -0.4 is 5.14 Å². The van der Waals surface area contributed by atoms with Crippen molar-refractivity contribution in [2.45, 2.75) is 11.5 Å². The number of primary sulfonamides is 1. The van der Waals surface area contributed by atoms with Crippen molar-refractivity contribution in [3.8, 4) is 11.5 Å². The largest absolute Gasteiger partial charge is 0.452 e. The molecule has 8 nitrogen and oxygen atoms in total. The molecule has 0 aliphatic rings. The number of aromatic nitrogens is 2. The van der Waals surface area contributed by atoms with E-state index in [-0.39, 0.29) is 28.8 Å². The van der Waals surface area contributed by atoms with Gasteiger partial charge >= 0.3 is 5.97 Å². The molecule has 0 spiro atoms. The Balaban J connectivity index is 1.64. The minimum Gasteiger partial charge on any atom is -0.452 e. The molecule has 0 saturated heterocycles. The molecule has 2 aromatic carbocycles. The summed E-state index contributed by atoms with van der Waals surface area (Å²) in [5.74, 6) is -0.285. The summed E-state index contributed by atoms with van der Waals surface area (Å²) in [5, 5.41) is 13.3. The minimum atomic E-state index is -3.82. The lowest BCUT2D eigenvalue weighted by Gasteiger charge is -2.03. The lowest BCUT2D eigenvalue weighted by molar-refractivity contribution is 0.0438. The van der Waals surface area contributed by atoms with Gasteiger partial charge in [0.1, 0.15) is 0 Å². The van der Waals surface area contributed by atoms with E-state index in [0.717, 1.165) is 0 Å². The van der Waals surface area contributed by atoms with Gasteiger partial charge in [-0.2, -0.15) is 0 Å². The number of carbonyl (C=O) groups is 1. The maximum Gasteiger partial charge on any atom is 0.338 e. The second-order valence-corrected chi connectivity index (χ2v) is 7.15. The van der Waals surface area contributed by atoms with Crippen molar-refractivity contribution >= 4 is 27.6 Å². The summed E-state index contributed by atoms with van der Waals surface area (Å²) in [6, 6.07) is 11.9. The molecule has 0 radical (unpaired) electrons. The van der Waals surface area contributed by atoms with E-state index in [9.17, 15) is 13.2 Å². The molecule has 1 aromatic heterocycles. The van der Waals surface area contributed by atoms with E-state index in [0.29, 0.717) is 10.6 Å². The number of ether oxygens (including phenoxy) is 1. The molecule has 10 heteroatoms. The number of nitrogens with two attached hydrogens (primary N) is 1. The average Bonchev–Trinajstić information content (AvgIpc) is 3.08. The number of esters is 1. The highest BCUT2D eigenvalue weighted by atomic mass is 35.5. The van der Waals surface area contributed by atoms with Gasteiger partial charge in [0.05, 0.1) is 10.5 Å². The van der Waals surface area contributed by atoms with Gasteiger partial charge in [-0.3, -0.25) is 0 Å². The van der Waals surface area contributed by atoms with Crippen molar-refractivity contribution in [1.29, 1.82) is 0 Å². The van der Waals surface area contributed by atoms with Gasteiger partial charge in [0.2, 0.25) is 15.9 Å². The van der Waals surface area contributed by atoms with Crippen molar-refractivity contribution in [2.75, 3.05) is 0 Å². The molecule has 0 aliphatic carbocycles. The van der Waals surface area contributed by atoms with Crippen LogP contribution in [-0.2, 0) is 21.4 Å². The summed E-state index contributed by atoms with van der Waals surface area (Å²) in [6.07, 6.45) is 0. The highest BCUT2D eigenvalue weighted by molar-refractivity contribution is 7.89. The number of halogens is 1. The van der Waals surface area contributed by atoms with Gasteiger partial charge in [-0.15, -0.1) is 10.2 Å². The summed E-state index contributed by atoms with van der Waals surface area (Å²) >= 11 is 5.82. The van der Waals surface area contributed by atoms with Crippen molar-refractivity contribution < 1.29 is 22.4 Å². The molecule has 26 heavy (non-hydrogen) atoms. The van der Waals surface area contributed by atoms with Crippen molar-refractivity contribution in [2.24, 2.45) is 5.14 Å². The fourth-order valence-electron chi connectivity index (χ4n) is 2.01. The molecule has 0 fully saturated rings. The van der Waals surface area contributed by atoms with Crippen LogP contribution >= 0.6 is 11.6 Å². The lowest BCUT2D eigenvalue weighted by Crippen LogP contribution is -2.12. The molecular formula is C16H12ClN3O5S. The molecular weight excluding hydrogens is 382 g/mol. The molecule has 1 heterocycles. The Labute approximate surface area is 153 Å². The Morgan fingerprint density at radius 3 is 2.35 bits per heavy atom. The maximum atomic E-state index is 12.0. The van der Waals surface area contributed by atoms with Crippen LogP contribution in [0, 0.1) is 0 Å². The van der Waals surface area contributed by atoms with E-state index in [1.807, 2.05) is 0 Å². The van der Waals surface area contributed by atoms with Crippen LogP contribution in [-0.4, -0.2) is 24.6 Å². The zero-order chi connectivity index (χ0) is 18.7. The van der Waals surface area contributed by atoms with Crippen LogP contribution in [0.2, 0.25) is 5.02 Å². The fourth-order valence-corrected chi connectivity index (χ4v) is 2.65. The van der Waals surface area contributed by atoms with E-state index in [1.165, 1.54) is 24.3 Å². The standard InChI is InChI=1S/C16H12ClN3O5S/c17-12-5-1-10(2-6-12)15-20-19-14(25-15)9-24-16(21)11-3-7-13(8-4-11)26(18,22)23/h1-8H,9H2,(H2,18,22,23). The van der Waals surface area contributed by atoms with E-state index in [4.69, 9.17) is 25.9 Å². The molecule has 134 valence electrons. The van der Waals surface area contributed by atoms with Gasteiger partial charge in [0.25, 0.3) is 5.89 Å². The quantitative estimate of drug-likeness (QED) is 0.659. The normalized spacial score (nSPS) is 11.3. The molecule has 0 unspecified atom stereocenters. The SMILES string of the molecule is NS(=O)(=O)c1ccc(C(=O)OCc2nnc(-c3ccc(Cl)cc3)o2)cc1. The number of rotatable bonds is 5. The smallest absolute Gasteiger partial charge is 0.338 e. The predicted octanol–water partition coefficient (Wildman–Crippen LogP) is 2.39. The van der Waals surface area contributed by atoms with Gasteiger partial charge in [0, 0.05) is 10.6 Å². The molecule has 0 amide bonds. The first-order valence-corrected chi connectivity index (χ1v) is 9.14. The van der Waals surface area contributed by atoms with Crippen LogP contribution in [0.3, 0.4) is 0 Å². The number of sulfonamides is 1. The number of hydrogen-bond donors (Lipinski definition) is 1. The zero-order valence-electron chi connectivity index (χ0n) is 13.1. The third-order valence-corrected chi connectivity index (χ3v) is 4.48.